The third kappa shape index (κ3) is 6.80. The van der Waals surface area contributed by atoms with Crippen LogP contribution in [0.1, 0.15) is 31.9 Å². The summed E-state index contributed by atoms with van der Waals surface area (Å²) in [6, 6.07) is 11.6. The summed E-state index contributed by atoms with van der Waals surface area (Å²) in [6.07, 6.45) is 4.51. The summed E-state index contributed by atoms with van der Waals surface area (Å²) in [5.74, 6) is 1.87. The van der Waals surface area contributed by atoms with E-state index in [0.29, 0.717) is 40.6 Å². The molecule has 0 unspecified atom stereocenters. The number of hydrogen-bond donors (Lipinski definition) is 1. The van der Waals surface area contributed by atoms with Crippen LogP contribution >= 0.6 is 34.8 Å². The van der Waals surface area contributed by atoms with Gasteiger partial charge in [-0.15, -0.1) is 11.6 Å². The summed E-state index contributed by atoms with van der Waals surface area (Å²) in [5, 5.41) is 11.1. The van der Waals surface area contributed by atoms with Crippen LogP contribution in [-0.4, -0.2) is 39.9 Å². The Morgan fingerprint density at radius 1 is 1.03 bits per heavy atom. The first-order valence-electron chi connectivity index (χ1n) is 10.8. The lowest BCUT2D eigenvalue weighted by molar-refractivity contribution is 0.0924. The highest BCUT2D eigenvalue weighted by molar-refractivity contribution is 6.37. The first-order chi connectivity index (χ1) is 15.7. The Hall–Kier alpha value is -1.92. The van der Waals surface area contributed by atoms with Gasteiger partial charge in [0.1, 0.15) is 18.5 Å². The van der Waals surface area contributed by atoms with Gasteiger partial charge in [0.05, 0.1) is 29.5 Å². The van der Waals surface area contributed by atoms with E-state index in [2.05, 4.69) is 18.8 Å². The number of alkyl halides is 1. The molecule has 0 spiro atoms. The van der Waals surface area contributed by atoms with E-state index in [0.717, 1.165) is 11.1 Å². The number of rotatable bonds is 11. The number of nitrogens with zero attached hydrogens (tertiary/aromatic N) is 2. The molecule has 1 heterocycles. The van der Waals surface area contributed by atoms with Crippen LogP contribution in [0, 0.1) is 5.92 Å². The van der Waals surface area contributed by atoms with Crippen molar-refractivity contribution in [3.05, 3.63) is 76.3 Å². The fourth-order valence-corrected chi connectivity index (χ4v) is 4.03. The molecule has 0 saturated heterocycles. The van der Waals surface area contributed by atoms with Gasteiger partial charge in [-0.25, -0.2) is 4.98 Å². The monoisotopic (exact) mass is 510 g/mol. The Morgan fingerprint density at radius 3 is 2.27 bits per heavy atom. The fraction of sp³-hybridized carbons (Fsp3) is 0.400. The van der Waals surface area contributed by atoms with Gasteiger partial charge in [0.2, 0.25) is 0 Å². The lowest BCUT2D eigenvalue weighted by atomic mass is 9.78. The van der Waals surface area contributed by atoms with Crippen molar-refractivity contribution in [2.45, 2.75) is 38.8 Å². The number of aliphatic hydroxyl groups is 1. The van der Waals surface area contributed by atoms with Crippen molar-refractivity contribution in [2.75, 3.05) is 19.1 Å². The number of hydrogen-bond acceptors (Lipinski definition) is 4. The van der Waals surface area contributed by atoms with E-state index in [4.69, 9.17) is 44.3 Å². The maximum absolute atomic E-state index is 10.2. The van der Waals surface area contributed by atoms with Crippen LogP contribution in [0.15, 0.2) is 55.1 Å². The average molecular weight is 512 g/mol. The predicted octanol–water partition coefficient (Wildman–Crippen LogP) is 6.21. The van der Waals surface area contributed by atoms with E-state index in [-0.39, 0.29) is 17.9 Å². The minimum Gasteiger partial charge on any atom is -0.491 e. The van der Waals surface area contributed by atoms with Crippen LogP contribution in [0.4, 0.5) is 0 Å². The van der Waals surface area contributed by atoms with E-state index < -0.39 is 6.10 Å². The molecule has 33 heavy (non-hydrogen) atoms. The van der Waals surface area contributed by atoms with Gasteiger partial charge < -0.3 is 19.1 Å². The maximum atomic E-state index is 10.2. The molecule has 3 rings (SSSR count). The van der Waals surface area contributed by atoms with Gasteiger partial charge in [0, 0.05) is 29.6 Å². The van der Waals surface area contributed by atoms with Crippen molar-refractivity contribution in [1.29, 1.82) is 0 Å². The molecule has 1 aromatic heterocycles. The summed E-state index contributed by atoms with van der Waals surface area (Å²) >= 11 is 18.9. The molecule has 8 heteroatoms. The summed E-state index contributed by atoms with van der Waals surface area (Å²) in [7, 11) is 0. The standard InChI is InChI=1S/C25H29Cl3N2O3/c1-17(12-26)14-33-24-22(27)10-19(11-23(24)28)25(2,3)18-4-6-21(7-5-18)32-15-20(31)13-30-9-8-29-16-30/h4-11,16-17,20,31H,12-15H2,1-3H3/t17-,20-/m0/s1. The lowest BCUT2D eigenvalue weighted by Crippen LogP contribution is -2.23. The van der Waals surface area contributed by atoms with Crippen molar-refractivity contribution >= 4 is 34.8 Å². The summed E-state index contributed by atoms with van der Waals surface area (Å²) < 4.78 is 13.4. The number of ether oxygens (including phenoxy) is 2. The molecule has 3 aromatic rings. The first-order valence-corrected chi connectivity index (χ1v) is 12.0. The molecule has 0 saturated carbocycles. The van der Waals surface area contributed by atoms with Crippen molar-refractivity contribution in [3.8, 4) is 11.5 Å². The summed E-state index contributed by atoms with van der Waals surface area (Å²) in [6.45, 7) is 7.28. The van der Waals surface area contributed by atoms with Gasteiger partial charge in [0.25, 0.3) is 0 Å². The topological polar surface area (TPSA) is 56.5 Å². The summed E-state index contributed by atoms with van der Waals surface area (Å²) in [5.41, 5.74) is 1.69. The highest BCUT2D eigenvalue weighted by atomic mass is 35.5. The molecular weight excluding hydrogens is 483 g/mol. The number of aromatic nitrogens is 2. The average Bonchev–Trinajstić information content (AvgIpc) is 3.30. The molecule has 0 radical (unpaired) electrons. The minimum absolute atomic E-state index is 0.190. The van der Waals surface area contributed by atoms with Crippen LogP contribution in [-0.2, 0) is 12.0 Å². The van der Waals surface area contributed by atoms with Gasteiger partial charge >= 0.3 is 0 Å². The van der Waals surface area contributed by atoms with Crippen molar-refractivity contribution in [1.82, 2.24) is 9.55 Å². The Bertz CT molecular complexity index is 1000. The van der Waals surface area contributed by atoms with E-state index >= 15 is 0 Å². The van der Waals surface area contributed by atoms with E-state index in [1.807, 2.05) is 47.9 Å². The zero-order valence-electron chi connectivity index (χ0n) is 19.0. The van der Waals surface area contributed by atoms with Crippen LogP contribution in [0.2, 0.25) is 10.0 Å². The molecule has 2 atom stereocenters. The van der Waals surface area contributed by atoms with Gasteiger partial charge in [-0.1, -0.05) is 56.1 Å². The molecule has 0 amide bonds. The van der Waals surface area contributed by atoms with Crippen LogP contribution in [0.25, 0.3) is 0 Å². The fourth-order valence-electron chi connectivity index (χ4n) is 3.35. The van der Waals surface area contributed by atoms with Crippen molar-refractivity contribution in [3.63, 3.8) is 0 Å². The van der Waals surface area contributed by atoms with Gasteiger partial charge in [0.15, 0.2) is 5.75 Å². The molecule has 178 valence electrons. The molecule has 0 bridgehead atoms. The molecule has 2 aromatic carbocycles. The minimum atomic E-state index is -0.632. The Balaban J connectivity index is 1.67. The zero-order valence-corrected chi connectivity index (χ0v) is 21.2. The SMILES string of the molecule is C[C@@H](CCl)COc1c(Cl)cc(C(C)(C)c2ccc(OC[C@@H](O)Cn3ccnc3)cc2)cc1Cl. The molecule has 1 N–H and O–H groups in total. The van der Waals surface area contributed by atoms with Crippen LogP contribution in [0.5, 0.6) is 11.5 Å². The number of imidazole rings is 1. The number of aliphatic hydroxyl groups excluding tert-OH is 1. The molecule has 5 nitrogen and oxygen atoms in total. The van der Waals surface area contributed by atoms with Gasteiger partial charge in [-0.2, -0.15) is 0 Å². The zero-order chi connectivity index (χ0) is 24.0. The normalized spacial score (nSPS) is 13.5. The van der Waals surface area contributed by atoms with E-state index in [1.165, 1.54) is 0 Å². The summed E-state index contributed by atoms with van der Waals surface area (Å²) in [4.78, 5) is 3.97. The first kappa shape index (κ1) is 25.7. The predicted molar refractivity (Wildman–Crippen MR) is 134 cm³/mol. The molecule has 0 aliphatic heterocycles. The van der Waals surface area contributed by atoms with Gasteiger partial charge in [-0.3, -0.25) is 0 Å². The van der Waals surface area contributed by atoms with Crippen LogP contribution in [0.3, 0.4) is 0 Å². The second kappa shape index (κ2) is 11.5. The van der Waals surface area contributed by atoms with Crippen LogP contribution < -0.4 is 9.47 Å². The molecule has 0 fully saturated rings. The second-order valence-corrected chi connectivity index (χ2v) is 9.84. The van der Waals surface area contributed by atoms with Crippen molar-refractivity contribution in [2.24, 2.45) is 5.92 Å². The number of halogens is 3. The smallest absolute Gasteiger partial charge is 0.156 e. The Morgan fingerprint density at radius 2 is 1.70 bits per heavy atom. The van der Waals surface area contributed by atoms with E-state index in [9.17, 15) is 5.11 Å². The largest absolute Gasteiger partial charge is 0.491 e. The molecular formula is C25H29Cl3N2O3. The highest BCUT2D eigenvalue weighted by Gasteiger charge is 2.26. The third-order valence-electron chi connectivity index (χ3n) is 5.49. The van der Waals surface area contributed by atoms with E-state index in [1.54, 1.807) is 18.7 Å². The van der Waals surface area contributed by atoms with Crippen molar-refractivity contribution < 1.29 is 14.6 Å². The molecule has 0 aliphatic rings. The maximum Gasteiger partial charge on any atom is 0.156 e. The number of benzene rings is 2. The molecule has 0 aliphatic carbocycles. The quantitative estimate of drug-likeness (QED) is 0.311. The second-order valence-electron chi connectivity index (χ2n) is 8.71. The Labute approximate surface area is 210 Å². The lowest BCUT2D eigenvalue weighted by Gasteiger charge is -2.27. The Kier molecular flexibility index (Phi) is 8.94. The van der Waals surface area contributed by atoms with Gasteiger partial charge in [-0.05, 0) is 35.4 Å². The highest BCUT2D eigenvalue weighted by Crippen LogP contribution is 2.40. The third-order valence-corrected chi connectivity index (χ3v) is 6.58.